The predicted octanol–water partition coefficient (Wildman–Crippen LogP) is -2.03. The van der Waals surface area contributed by atoms with E-state index >= 15 is 0 Å². The third-order valence-electron chi connectivity index (χ3n) is 2.76. The van der Waals surface area contributed by atoms with Crippen LogP contribution in [-0.2, 0) is 13.8 Å². The van der Waals surface area contributed by atoms with E-state index in [1.165, 1.54) is 18.5 Å². The Balaban J connectivity index is 2.13. The monoisotopic (exact) mass is 308 g/mol. The molecule has 1 aromatic rings. The summed E-state index contributed by atoms with van der Waals surface area (Å²) >= 11 is 0. The Morgan fingerprint density at radius 3 is 2.70 bits per heavy atom. The molecule has 0 saturated carbocycles. The van der Waals surface area contributed by atoms with E-state index in [4.69, 9.17) is 14.5 Å². The van der Waals surface area contributed by atoms with Gasteiger partial charge in [-0.1, -0.05) is 0 Å². The standard InChI is InChI=1S/C9H13N2O8P/c12-6-5(4-18-20(15,16)17)19-8(7(6)13)11-3-1-2-10-9(11)14/h1-3,5-8,12-13H,4H2,(H2,15,16,17)/t5-,6-,7-,8-/m1/s1. The van der Waals surface area contributed by atoms with Gasteiger partial charge in [-0.3, -0.25) is 9.09 Å². The Hall–Kier alpha value is -1.13. The first-order valence-corrected chi connectivity index (χ1v) is 7.07. The lowest BCUT2D eigenvalue weighted by Crippen LogP contribution is -2.35. The van der Waals surface area contributed by atoms with E-state index in [9.17, 15) is 19.6 Å². The molecule has 1 aromatic heterocycles. The van der Waals surface area contributed by atoms with Crippen molar-refractivity contribution in [3.05, 3.63) is 28.9 Å². The number of aromatic nitrogens is 2. The third kappa shape index (κ3) is 3.30. The van der Waals surface area contributed by atoms with Gasteiger partial charge in [0.25, 0.3) is 0 Å². The molecule has 1 aliphatic heterocycles. The topological polar surface area (TPSA) is 151 Å². The minimum absolute atomic E-state index is 0.631. The summed E-state index contributed by atoms with van der Waals surface area (Å²) in [5.41, 5.74) is -0.694. The third-order valence-corrected chi connectivity index (χ3v) is 3.24. The van der Waals surface area contributed by atoms with E-state index in [0.29, 0.717) is 0 Å². The average Bonchev–Trinajstić information content (AvgIpc) is 2.64. The van der Waals surface area contributed by atoms with Crippen molar-refractivity contribution in [2.45, 2.75) is 24.5 Å². The number of phosphoric acid groups is 1. The smallest absolute Gasteiger partial charge is 0.387 e. The van der Waals surface area contributed by atoms with E-state index in [1.54, 1.807) is 0 Å². The molecular weight excluding hydrogens is 295 g/mol. The summed E-state index contributed by atoms with van der Waals surface area (Å²) in [5, 5.41) is 19.6. The Morgan fingerprint density at radius 1 is 1.40 bits per heavy atom. The lowest BCUT2D eigenvalue weighted by molar-refractivity contribution is -0.0542. The summed E-state index contributed by atoms with van der Waals surface area (Å²) in [4.78, 5) is 32.1. The quantitative estimate of drug-likeness (QED) is 0.461. The zero-order valence-electron chi connectivity index (χ0n) is 10.0. The highest BCUT2D eigenvalue weighted by molar-refractivity contribution is 7.46. The van der Waals surface area contributed by atoms with Crippen molar-refractivity contribution in [2.75, 3.05) is 6.61 Å². The lowest BCUT2D eigenvalue weighted by atomic mass is 10.1. The van der Waals surface area contributed by atoms with Crippen molar-refractivity contribution < 1.29 is 33.8 Å². The number of nitrogens with zero attached hydrogens (tertiary/aromatic N) is 2. The Labute approximate surface area is 112 Å². The second-order valence-electron chi connectivity index (χ2n) is 4.14. The van der Waals surface area contributed by atoms with Crippen LogP contribution in [0.1, 0.15) is 6.23 Å². The summed E-state index contributed by atoms with van der Waals surface area (Å²) < 4.78 is 21.0. The van der Waals surface area contributed by atoms with Gasteiger partial charge in [0.1, 0.15) is 18.3 Å². The molecule has 10 nitrogen and oxygen atoms in total. The highest BCUT2D eigenvalue weighted by atomic mass is 31.2. The summed E-state index contributed by atoms with van der Waals surface area (Å²) in [7, 11) is -4.72. The minimum Gasteiger partial charge on any atom is -0.387 e. The van der Waals surface area contributed by atoms with Gasteiger partial charge in [-0.15, -0.1) is 0 Å². The molecule has 0 radical (unpaired) electrons. The molecule has 2 rings (SSSR count). The van der Waals surface area contributed by atoms with Gasteiger partial charge in [-0.05, 0) is 6.07 Å². The number of rotatable bonds is 4. The molecular formula is C9H13N2O8P. The lowest BCUT2D eigenvalue weighted by Gasteiger charge is -2.16. The molecule has 1 aliphatic rings. The molecule has 1 fully saturated rings. The number of aliphatic hydroxyl groups excluding tert-OH is 2. The summed E-state index contributed by atoms with van der Waals surface area (Å²) in [6.45, 7) is -0.631. The van der Waals surface area contributed by atoms with Gasteiger partial charge in [0.05, 0.1) is 6.61 Å². The Bertz CT molecular complexity index is 571. The van der Waals surface area contributed by atoms with Crippen molar-refractivity contribution >= 4 is 7.82 Å². The molecule has 20 heavy (non-hydrogen) atoms. The second kappa shape index (κ2) is 5.70. The molecule has 4 N–H and O–H groups in total. The zero-order chi connectivity index (χ0) is 14.9. The average molecular weight is 308 g/mol. The van der Waals surface area contributed by atoms with Crippen LogP contribution in [0.4, 0.5) is 0 Å². The van der Waals surface area contributed by atoms with Crippen LogP contribution in [0.15, 0.2) is 23.3 Å². The largest absolute Gasteiger partial charge is 0.469 e. The maximum atomic E-state index is 11.5. The van der Waals surface area contributed by atoms with Gasteiger partial charge in [-0.25, -0.2) is 14.3 Å². The van der Waals surface area contributed by atoms with Gasteiger partial charge >= 0.3 is 13.5 Å². The van der Waals surface area contributed by atoms with Crippen LogP contribution in [0, 0.1) is 0 Å². The number of phosphoric ester groups is 1. The molecule has 0 amide bonds. The van der Waals surface area contributed by atoms with E-state index in [-0.39, 0.29) is 0 Å². The van der Waals surface area contributed by atoms with Crippen LogP contribution in [0.2, 0.25) is 0 Å². The predicted molar refractivity (Wildman–Crippen MR) is 62.4 cm³/mol. The van der Waals surface area contributed by atoms with Crippen molar-refractivity contribution in [2.24, 2.45) is 0 Å². The van der Waals surface area contributed by atoms with E-state index < -0.39 is 44.7 Å². The maximum absolute atomic E-state index is 11.5. The van der Waals surface area contributed by atoms with Crippen LogP contribution in [-0.4, -0.2) is 54.5 Å². The van der Waals surface area contributed by atoms with E-state index in [1.807, 2.05) is 0 Å². The number of aliphatic hydroxyl groups is 2. The number of hydrogen-bond acceptors (Lipinski definition) is 7. The minimum atomic E-state index is -4.72. The SMILES string of the molecule is O=c1ncccn1[C@@H]1O[C@H](COP(=O)(O)O)[C@@H](O)[C@H]1O. The number of ether oxygens (including phenoxy) is 1. The fourth-order valence-electron chi connectivity index (χ4n) is 1.83. The van der Waals surface area contributed by atoms with Crippen LogP contribution in [0.3, 0.4) is 0 Å². The first-order chi connectivity index (χ1) is 9.29. The van der Waals surface area contributed by atoms with Crippen molar-refractivity contribution in [3.8, 4) is 0 Å². The van der Waals surface area contributed by atoms with Crippen LogP contribution < -0.4 is 5.69 Å². The van der Waals surface area contributed by atoms with Gasteiger partial charge in [0, 0.05) is 12.4 Å². The van der Waals surface area contributed by atoms with Gasteiger partial charge in [-0.2, -0.15) is 0 Å². The second-order valence-corrected chi connectivity index (χ2v) is 5.38. The molecule has 0 bridgehead atoms. The van der Waals surface area contributed by atoms with Crippen molar-refractivity contribution in [1.29, 1.82) is 0 Å². The molecule has 0 aliphatic carbocycles. The first kappa shape index (κ1) is 15.3. The molecule has 2 heterocycles. The molecule has 0 unspecified atom stereocenters. The highest BCUT2D eigenvalue weighted by Crippen LogP contribution is 2.38. The first-order valence-electron chi connectivity index (χ1n) is 5.54. The molecule has 11 heteroatoms. The molecule has 112 valence electrons. The fourth-order valence-corrected chi connectivity index (χ4v) is 2.17. The Morgan fingerprint density at radius 2 is 2.10 bits per heavy atom. The van der Waals surface area contributed by atoms with Gasteiger partial charge < -0.3 is 24.7 Å². The van der Waals surface area contributed by atoms with Gasteiger partial charge in [0.2, 0.25) is 0 Å². The number of hydrogen-bond donors (Lipinski definition) is 4. The van der Waals surface area contributed by atoms with Gasteiger partial charge in [0.15, 0.2) is 6.23 Å². The maximum Gasteiger partial charge on any atom is 0.469 e. The highest BCUT2D eigenvalue weighted by Gasteiger charge is 2.44. The zero-order valence-corrected chi connectivity index (χ0v) is 10.9. The fraction of sp³-hybridized carbons (Fsp3) is 0.556. The van der Waals surface area contributed by atoms with Crippen LogP contribution >= 0.6 is 7.82 Å². The molecule has 4 atom stereocenters. The van der Waals surface area contributed by atoms with E-state index in [0.717, 1.165) is 4.57 Å². The summed E-state index contributed by atoms with van der Waals surface area (Å²) in [5.74, 6) is 0. The molecule has 0 spiro atoms. The van der Waals surface area contributed by atoms with Crippen molar-refractivity contribution in [1.82, 2.24) is 9.55 Å². The summed E-state index contributed by atoms with van der Waals surface area (Å²) in [6.07, 6.45) is -2.75. The normalized spacial score (nSPS) is 30.6. The molecule has 1 saturated heterocycles. The molecule has 0 aromatic carbocycles. The van der Waals surface area contributed by atoms with Crippen LogP contribution in [0.25, 0.3) is 0 Å². The van der Waals surface area contributed by atoms with E-state index in [2.05, 4.69) is 9.51 Å². The summed E-state index contributed by atoms with van der Waals surface area (Å²) in [6, 6.07) is 1.43. The van der Waals surface area contributed by atoms with Crippen molar-refractivity contribution in [3.63, 3.8) is 0 Å². The Kier molecular flexibility index (Phi) is 4.35. The van der Waals surface area contributed by atoms with Crippen LogP contribution in [0.5, 0.6) is 0 Å².